The second-order valence-electron chi connectivity index (χ2n) is 5.89. The largest absolute Gasteiger partial charge is 0.480 e. The van der Waals surface area contributed by atoms with E-state index in [0.29, 0.717) is 48.9 Å². The maximum Gasteiger partial charge on any atom is 0.323 e. The molecular weight excluding hydrogens is 326 g/mol. The van der Waals surface area contributed by atoms with Gasteiger partial charge in [0.25, 0.3) is 11.8 Å². The van der Waals surface area contributed by atoms with Crippen LogP contribution in [-0.2, 0) is 9.53 Å². The van der Waals surface area contributed by atoms with Crippen molar-refractivity contribution in [3.05, 3.63) is 35.7 Å². The Bertz CT molecular complexity index is 750. The topological polar surface area (TPSA) is 106 Å². The molecule has 2 aromatic rings. The zero-order chi connectivity index (χ0) is 17.8. The van der Waals surface area contributed by atoms with Gasteiger partial charge in [-0.1, -0.05) is 5.16 Å². The van der Waals surface area contributed by atoms with Crippen LogP contribution in [0, 0.1) is 6.92 Å². The van der Waals surface area contributed by atoms with E-state index < -0.39 is 5.97 Å². The number of carbonyl (C=O) groups excluding carboxylic acids is 1. The second kappa shape index (κ2) is 7.43. The van der Waals surface area contributed by atoms with Crippen molar-refractivity contribution < 1.29 is 24.0 Å². The van der Waals surface area contributed by atoms with Gasteiger partial charge in [0.15, 0.2) is 5.82 Å². The van der Waals surface area contributed by atoms with E-state index in [2.05, 4.69) is 10.1 Å². The summed E-state index contributed by atoms with van der Waals surface area (Å²) in [7, 11) is 0. The number of carbonyl (C=O) groups is 2. The fraction of sp³-hybridized carbons (Fsp3) is 0.412. The SMILES string of the molecule is Cc1noc(-c2ccc(C(=O)N(CC(=O)O)C3CCOCC3)cc2)n1. The van der Waals surface area contributed by atoms with Gasteiger partial charge in [0.1, 0.15) is 6.54 Å². The molecule has 132 valence electrons. The average Bonchev–Trinajstić information content (AvgIpc) is 3.06. The number of hydrogen-bond acceptors (Lipinski definition) is 6. The predicted molar refractivity (Wildman–Crippen MR) is 87.0 cm³/mol. The first kappa shape index (κ1) is 17.1. The van der Waals surface area contributed by atoms with Gasteiger partial charge in [-0.15, -0.1) is 0 Å². The third-order valence-corrected chi connectivity index (χ3v) is 4.10. The van der Waals surface area contributed by atoms with E-state index in [1.807, 2.05) is 0 Å². The van der Waals surface area contributed by atoms with Crippen LogP contribution in [0.25, 0.3) is 11.5 Å². The lowest BCUT2D eigenvalue weighted by molar-refractivity contribution is -0.138. The molecule has 0 atom stereocenters. The summed E-state index contributed by atoms with van der Waals surface area (Å²) < 4.78 is 10.4. The van der Waals surface area contributed by atoms with Crippen LogP contribution in [0.5, 0.6) is 0 Å². The average molecular weight is 345 g/mol. The highest BCUT2D eigenvalue weighted by Gasteiger charge is 2.28. The zero-order valence-corrected chi connectivity index (χ0v) is 13.8. The van der Waals surface area contributed by atoms with E-state index in [1.165, 1.54) is 4.90 Å². The van der Waals surface area contributed by atoms with E-state index in [4.69, 9.17) is 14.4 Å². The van der Waals surface area contributed by atoms with Crippen molar-refractivity contribution >= 4 is 11.9 Å². The number of ether oxygens (including phenoxy) is 1. The third-order valence-electron chi connectivity index (χ3n) is 4.10. The van der Waals surface area contributed by atoms with Crippen LogP contribution < -0.4 is 0 Å². The van der Waals surface area contributed by atoms with E-state index in [0.717, 1.165) is 0 Å². The highest BCUT2D eigenvalue weighted by molar-refractivity contribution is 5.96. The van der Waals surface area contributed by atoms with Gasteiger partial charge in [-0.25, -0.2) is 0 Å². The summed E-state index contributed by atoms with van der Waals surface area (Å²) in [6, 6.07) is 6.58. The van der Waals surface area contributed by atoms with Gasteiger partial charge in [-0.3, -0.25) is 9.59 Å². The van der Waals surface area contributed by atoms with Crippen LogP contribution >= 0.6 is 0 Å². The number of aryl methyl sites for hydroxylation is 1. The van der Waals surface area contributed by atoms with Gasteiger partial charge in [0, 0.05) is 30.4 Å². The lowest BCUT2D eigenvalue weighted by Gasteiger charge is -2.33. The minimum absolute atomic E-state index is 0.129. The Kier molecular flexibility index (Phi) is 5.08. The minimum atomic E-state index is -1.03. The Morgan fingerprint density at radius 2 is 1.92 bits per heavy atom. The first-order valence-corrected chi connectivity index (χ1v) is 8.06. The quantitative estimate of drug-likeness (QED) is 0.880. The summed E-state index contributed by atoms with van der Waals surface area (Å²) in [5, 5.41) is 12.9. The van der Waals surface area contributed by atoms with E-state index in [1.54, 1.807) is 31.2 Å². The Hall–Kier alpha value is -2.74. The Labute approximate surface area is 144 Å². The van der Waals surface area contributed by atoms with Crippen LogP contribution in [0.15, 0.2) is 28.8 Å². The highest BCUT2D eigenvalue weighted by atomic mass is 16.5. The maximum absolute atomic E-state index is 12.8. The molecular formula is C17H19N3O5. The van der Waals surface area contributed by atoms with Crippen LogP contribution in [-0.4, -0.2) is 57.8 Å². The number of amides is 1. The molecule has 0 bridgehead atoms. The molecule has 0 saturated carbocycles. The number of rotatable bonds is 5. The Balaban J connectivity index is 1.79. The number of benzene rings is 1. The molecule has 1 saturated heterocycles. The fourth-order valence-electron chi connectivity index (χ4n) is 2.84. The summed E-state index contributed by atoms with van der Waals surface area (Å²) in [6.45, 7) is 2.46. The predicted octanol–water partition coefficient (Wildman–Crippen LogP) is 1.75. The molecule has 8 heteroatoms. The van der Waals surface area contributed by atoms with Crippen molar-refractivity contribution in [2.24, 2.45) is 0 Å². The molecule has 0 radical (unpaired) electrons. The number of carboxylic acids is 1. The molecule has 0 aliphatic carbocycles. The van der Waals surface area contributed by atoms with E-state index in [-0.39, 0.29) is 18.5 Å². The number of aromatic nitrogens is 2. The molecule has 1 aliphatic rings. The summed E-state index contributed by atoms with van der Waals surface area (Å²) in [4.78, 5) is 29.5. The molecule has 1 N–H and O–H groups in total. The second-order valence-corrected chi connectivity index (χ2v) is 5.89. The molecule has 2 heterocycles. The normalized spacial score (nSPS) is 15.1. The lowest BCUT2D eigenvalue weighted by Crippen LogP contribution is -2.46. The van der Waals surface area contributed by atoms with E-state index in [9.17, 15) is 9.59 Å². The van der Waals surface area contributed by atoms with Crippen molar-refractivity contribution in [3.63, 3.8) is 0 Å². The molecule has 3 rings (SSSR count). The van der Waals surface area contributed by atoms with Gasteiger partial charge >= 0.3 is 5.97 Å². The van der Waals surface area contributed by atoms with Crippen molar-refractivity contribution in [2.75, 3.05) is 19.8 Å². The highest BCUT2D eigenvalue weighted by Crippen LogP contribution is 2.21. The van der Waals surface area contributed by atoms with Crippen LogP contribution in [0.2, 0.25) is 0 Å². The van der Waals surface area contributed by atoms with Gasteiger partial charge in [-0.05, 0) is 44.0 Å². The first-order chi connectivity index (χ1) is 12.0. The molecule has 1 fully saturated rings. The molecule has 8 nitrogen and oxygen atoms in total. The van der Waals surface area contributed by atoms with Crippen molar-refractivity contribution in [1.82, 2.24) is 15.0 Å². The summed E-state index contributed by atoms with van der Waals surface area (Å²) in [5.41, 5.74) is 1.13. The number of aliphatic carboxylic acids is 1. The summed E-state index contributed by atoms with van der Waals surface area (Å²) >= 11 is 0. The monoisotopic (exact) mass is 345 g/mol. The Morgan fingerprint density at radius 3 is 2.48 bits per heavy atom. The molecule has 1 amide bonds. The molecule has 0 spiro atoms. The maximum atomic E-state index is 12.8. The summed E-state index contributed by atoms with van der Waals surface area (Å²) in [6.07, 6.45) is 1.27. The van der Waals surface area contributed by atoms with Crippen LogP contribution in [0.4, 0.5) is 0 Å². The molecule has 1 aliphatic heterocycles. The van der Waals surface area contributed by atoms with Gasteiger partial charge < -0.3 is 19.3 Å². The third kappa shape index (κ3) is 4.03. The van der Waals surface area contributed by atoms with Crippen LogP contribution in [0.1, 0.15) is 29.0 Å². The Morgan fingerprint density at radius 1 is 1.24 bits per heavy atom. The van der Waals surface area contributed by atoms with Gasteiger partial charge in [0.2, 0.25) is 0 Å². The van der Waals surface area contributed by atoms with Crippen LogP contribution in [0.3, 0.4) is 0 Å². The van der Waals surface area contributed by atoms with Crippen molar-refractivity contribution in [2.45, 2.75) is 25.8 Å². The lowest BCUT2D eigenvalue weighted by atomic mass is 10.0. The van der Waals surface area contributed by atoms with Gasteiger partial charge in [0.05, 0.1) is 0 Å². The van der Waals surface area contributed by atoms with E-state index >= 15 is 0 Å². The summed E-state index contributed by atoms with van der Waals surface area (Å²) in [5.74, 6) is -0.425. The van der Waals surface area contributed by atoms with Gasteiger partial charge in [-0.2, -0.15) is 4.98 Å². The molecule has 25 heavy (non-hydrogen) atoms. The zero-order valence-electron chi connectivity index (χ0n) is 13.8. The number of nitrogens with zero attached hydrogens (tertiary/aromatic N) is 3. The van der Waals surface area contributed by atoms with Crippen molar-refractivity contribution in [3.8, 4) is 11.5 Å². The van der Waals surface area contributed by atoms with Crippen molar-refractivity contribution in [1.29, 1.82) is 0 Å². The number of carboxylic acid groups (broad SMARTS) is 1. The number of hydrogen-bond donors (Lipinski definition) is 1. The molecule has 1 aromatic carbocycles. The molecule has 1 aromatic heterocycles. The first-order valence-electron chi connectivity index (χ1n) is 8.06. The minimum Gasteiger partial charge on any atom is -0.480 e. The molecule has 0 unspecified atom stereocenters. The fourth-order valence-corrected chi connectivity index (χ4v) is 2.84. The smallest absolute Gasteiger partial charge is 0.323 e. The standard InChI is InChI=1S/C17H19N3O5/c1-11-18-16(25-19-11)12-2-4-13(5-3-12)17(23)20(10-15(21)22)14-6-8-24-9-7-14/h2-5,14H,6-10H2,1H3,(H,21,22).